The summed E-state index contributed by atoms with van der Waals surface area (Å²) in [6.07, 6.45) is 5.16. The van der Waals surface area contributed by atoms with E-state index in [9.17, 15) is 10.1 Å². The Morgan fingerprint density at radius 3 is 2.96 bits per heavy atom. The van der Waals surface area contributed by atoms with E-state index in [-0.39, 0.29) is 16.7 Å². The number of thiazole rings is 1. The fraction of sp³-hybridized carbons (Fsp3) is 0.300. The Kier molecular flexibility index (Phi) is 4.29. The zero-order chi connectivity index (χ0) is 19.1. The number of fused-ring (bicyclic) bond motifs is 2. The van der Waals surface area contributed by atoms with E-state index in [0.29, 0.717) is 6.67 Å². The minimum atomic E-state index is -0.360. The SMILES string of the molecule is O=[N+]([O-])c1ccc2cnn(CN3CCCC[C@@H]3c3nc4ccccc4s3)c2c1. The van der Waals surface area contributed by atoms with Crippen molar-refractivity contribution in [3.63, 3.8) is 0 Å². The number of likely N-dealkylation sites (tertiary alicyclic amines) is 1. The van der Waals surface area contributed by atoms with Gasteiger partial charge in [-0.25, -0.2) is 4.98 Å². The highest BCUT2D eigenvalue weighted by Crippen LogP contribution is 2.36. The van der Waals surface area contributed by atoms with Gasteiger partial charge in [0.05, 0.1) is 39.6 Å². The summed E-state index contributed by atoms with van der Waals surface area (Å²) >= 11 is 1.76. The lowest BCUT2D eigenvalue weighted by atomic mass is 10.0. The van der Waals surface area contributed by atoms with Crippen LogP contribution in [0.15, 0.2) is 48.7 Å². The zero-order valence-corrected chi connectivity index (χ0v) is 16.0. The molecule has 1 saturated heterocycles. The molecule has 0 amide bonds. The van der Waals surface area contributed by atoms with Crippen molar-refractivity contribution in [2.45, 2.75) is 32.0 Å². The molecule has 2 aromatic heterocycles. The first-order valence-electron chi connectivity index (χ1n) is 9.38. The van der Waals surface area contributed by atoms with Crippen molar-refractivity contribution < 1.29 is 4.92 Å². The first kappa shape index (κ1) is 17.3. The van der Waals surface area contributed by atoms with E-state index in [4.69, 9.17) is 4.98 Å². The second-order valence-electron chi connectivity index (χ2n) is 7.13. The average molecular weight is 393 g/mol. The molecular formula is C20H19N5O2S. The number of benzene rings is 2. The standard InChI is InChI=1S/C20H19N5O2S/c26-25(27)15-9-8-14-12-21-24(18(14)11-15)13-23-10-4-3-6-17(23)20-22-16-5-1-2-7-19(16)28-20/h1-2,5,7-9,11-12,17H,3-4,6,10,13H2/t17-/m1/s1. The smallest absolute Gasteiger partial charge is 0.271 e. The van der Waals surface area contributed by atoms with Crippen molar-refractivity contribution in [1.29, 1.82) is 0 Å². The highest BCUT2D eigenvalue weighted by Gasteiger charge is 2.27. The summed E-state index contributed by atoms with van der Waals surface area (Å²) in [6.45, 7) is 1.57. The molecule has 0 N–H and O–H groups in total. The lowest BCUT2D eigenvalue weighted by Gasteiger charge is -2.34. The molecule has 0 saturated carbocycles. The summed E-state index contributed by atoms with van der Waals surface area (Å²) in [5, 5.41) is 17.7. The van der Waals surface area contributed by atoms with Crippen LogP contribution in [0, 0.1) is 10.1 Å². The van der Waals surface area contributed by atoms with Gasteiger partial charge in [-0.05, 0) is 31.0 Å². The highest BCUT2D eigenvalue weighted by atomic mass is 32.1. The van der Waals surface area contributed by atoms with Crippen LogP contribution >= 0.6 is 11.3 Å². The number of piperidine rings is 1. The third-order valence-corrected chi connectivity index (χ3v) is 6.50. The van der Waals surface area contributed by atoms with E-state index < -0.39 is 0 Å². The summed E-state index contributed by atoms with van der Waals surface area (Å²) in [7, 11) is 0. The molecule has 0 radical (unpaired) electrons. The number of nitro groups is 1. The first-order valence-corrected chi connectivity index (χ1v) is 10.2. The molecule has 5 rings (SSSR count). The Balaban J connectivity index is 1.48. The van der Waals surface area contributed by atoms with Crippen molar-refractivity contribution in [3.8, 4) is 0 Å². The van der Waals surface area contributed by atoms with Crippen LogP contribution in [0.4, 0.5) is 5.69 Å². The van der Waals surface area contributed by atoms with Gasteiger partial charge in [-0.1, -0.05) is 18.6 Å². The maximum absolute atomic E-state index is 11.1. The minimum absolute atomic E-state index is 0.0932. The summed E-state index contributed by atoms with van der Waals surface area (Å²) in [5.41, 5.74) is 1.94. The van der Waals surface area contributed by atoms with Crippen molar-refractivity contribution in [2.24, 2.45) is 0 Å². The maximum atomic E-state index is 11.1. The number of hydrogen-bond donors (Lipinski definition) is 0. The van der Waals surface area contributed by atoms with Gasteiger partial charge in [0.2, 0.25) is 0 Å². The quantitative estimate of drug-likeness (QED) is 0.370. The third kappa shape index (κ3) is 3.04. The summed E-state index contributed by atoms with van der Waals surface area (Å²) in [4.78, 5) is 18.1. The van der Waals surface area contributed by atoms with E-state index >= 15 is 0 Å². The maximum Gasteiger partial charge on any atom is 0.271 e. The normalized spacial score (nSPS) is 18.1. The van der Waals surface area contributed by atoms with Crippen molar-refractivity contribution >= 4 is 38.1 Å². The van der Waals surface area contributed by atoms with E-state index in [0.717, 1.165) is 40.8 Å². The summed E-state index contributed by atoms with van der Waals surface area (Å²) < 4.78 is 3.08. The second kappa shape index (κ2) is 6.96. The molecule has 142 valence electrons. The number of nitrogens with zero attached hydrogens (tertiary/aromatic N) is 5. The molecule has 1 atom stereocenters. The van der Waals surface area contributed by atoms with Crippen molar-refractivity contribution in [2.75, 3.05) is 6.54 Å². The molecule has 1 aliphatic rings. The monoisotopic (exact) mass is 393 g/mol. The van der Waals surface area contributed by atoms with Crippen LogP contribution in [0.3, 0.4) is 0 Å². The van der Waals surface area contributed by atoms with Gasteiger partial charge in [-0.15, -0.1) is 11.3 Å². The molecule has 8 heteroatoms. The number of rotatable bonds is 4. The summed E-state index contributed by atoms with van der Waals surface area (Å²) in [6, 6.07) is 13.4. The van der Waals surface area contributed by atoms with Gasteiger partial charge in [0.25, 0.3) is 5.69 Å². The Morgan fingerprint density at radius 1 is 1.21 bits per heavy atom. The highest BCUT2D eigenvalue weighted by molar-refractivity contribution is 7.18. The average Bonchev–Trinajstić information content (AvgIpc) is 3.32. The van der Waals surface area contributed by atoms with Crippen LogP contribution in [0.5, 0.6) is 0 Å². The lowest BCUT2D eigenvalue weighted by Crippen LogP contribution is -2.35. The Labute approximate surface area is 165 Å². The lowest BCUT2D eigenvalue weighted by molar-refractivity contribution is -0.384. The Morgan fingerprint density at radius 2 is 2.11 bits per heavy atom. The zero-order valence-electron chi connectivity index (χ0n) is 15.2. The Bertz CT molecular complexity index is 1130. The number of para-hydroxylation sites is 1. The number of nitro benzene ring substituents is 1. The van der Waals surface area contributed by atoms with Gasteiger partial charge in [0, 0.05) is 24.1 Å². The van der Waals surface area contributed by atoms with Crippen LogP contribution in [0.2, 0.25) is 0 Å². The number of hydrogen-bond acceptors (Lipinski definition) is 6. The number of aromatic nitrogens is 3. The van der Waals surface area contributed by atoms with Crippen molar-refractivity contribution in [1.82, 2.24) is 19.7 Å². The summed E-state index contributed by atoms with van der Waals surface area (Å²) in [5.74, 6) is 0. The van der Waals surface area contributed by atoms with Crippen LogP contribution < -0.4 is 0 Å². The van der Waals surface area contributed by atoms with Gasteiger partial charge >= 0.3 is 0 Å². The fourth-order valence-corrected chi connectivity index (χ4v) is 5.07. The Hall–Kier alpha value is -2.84. The molecule has 3 heterocycles. The van der Waals surface area contributed by atoms with Crippen LogP contribution in [0.25, 0.3) is 21.1 Å². The van der Waals surface area contributed by atoms with Gasteiger partial charge in [-0.2, -0.15) is 5.10 Å². The van der Waals surface area contributed by atoms with Gasteiger partial charge in [-0.3, -0.25) is 19.7 Å². The van der Waals surface area contributed by atoms with Gasteiger partial charge in [0.1, 0.15) is 5.01 Å². The fourth-order valence-electron chi connectivity index (χ4n) is 3.93. The van der Waals surface area contributed by atoms with Gasteiger partial charge < -0.3 is 0 Å². The van der Waals surface area contributed by atoms with Gasteiger partial charge in [0.15, 0.2) is 0 Å². The van der Waals surface area contributed by atoms with E-state index in [1.54, 1.807) is 29.7 Å². The molecule has 1 aliphatic heterocycles. The molecule has 4 aromatic rings. The second-order valence-corrected chi connectivity index (χ2v) is 8.19. The molecule has 0 unspecified atom stereocenters. The molecule has 0 aliphatic carbocycles. The third-order valence-electron chi connectivity index (χ3n) is 5.36. The van der Waals surface area contributed by atoms with Crippen LogP contribution in [0.1, 0.15) is 30.3 Å². The molecule has 2 aromatic carbocycles. The van der Waals surface area contributed by atoms with E-state index in [1.807, 2.05) is 16.8 Å². The molecule has 1 fully saturated rings. The molecule has 28 heavy (non-hydrogen) atoms. The minimum Gasteiger partial charge on any atom is -0.275 e. The molecule has 7 nitrogen and oxygen atoms in total. The van der Waals surface area contributed by atoms with Crippen molar-refractivity contribution in [3.05, 3.63) is 63.8 Å². The molecule has 0 bridgehead atoms. The molecule has 0 spiro atoms. The molecular weight excluding hydrogens is 374 g/mol. The van der Waals surface area contributed by atoms with Crippen LogP contribution in [-0.2, 0) is 6.67 Å². The van der Waals surface area contributed by atoms with E-state index in [1.165, 1.54) is 17.2 Å². The van der Waals surface area contributed by atoms with Crippen LogP contribution in [-0.4, -0.2) is 31.1 Å². The predicted octanol–water partition coefficient (Wildman–Crippen LogP) is 4.74. The largest absolute Gasteiger partial charge is 0.275 e. The topological polar surface area (TPSA) is 77.1 Å². The first-order chi connectivity index (χ1) is 13.7. The predicted molar refractivity (Wildman–Crippen MR) is 109 cm³/mol. The number of non-ortho nitro benzene ring substituents is 1. The van der Waals surface area contributed by atoms with E-state index in [2.05, 4.69) is 22.1 Å².